The summed E-state index contributed by atoms with van der Waals surface area (Å²) in [7, 11) is 0. The number of carbonyl (C=O) groups is 1. The third kappa shape index (κ3) is 5.02. The Balaban J connectivity index is 1.80. The van der Waals surface area contributed by atoms with Gasteiger partial charge in [-0.1, -0.05) is 18.5 Å². The van der Waals surface area contributed by atoms with Crippen molar-refractivity contribution in [3.8, 4) is 0 Å². The summed E-state index contributed by atoms with van der Waals surface area (Å²) in [6, 6.07) is 2.92. The van der Waals surface area contributed by atoms with Gasteiger partial charge < -0.3 is 10.2 Å². The van der Waals surface area contributed by atoms with E-state index in [4.69, 9.17) is 22.6 Å². The van der Waals surface area contributed by atoms with E-state index in [2.05, 4.69) is 15.3 Å². The van der Waals surface area contributed by atoms with Gasteiger partial charge in [0.05, 0.1) is 14.3 Å². The highest BCUT2D eigenvalue weighted by molar-refractivity contribution is 6.31. The van der Waals surface area contributed by atoms with Gasteiger partial charge in [0.2, 0.25) is 0 Å². The molecule has 2 aromatic rings. The van der Waals surface area contributed by atoms with Crippen LogP contribution in [0.15, 0.2) is 30.6 Å². The quantitative estimate of drug-likeness (QED) is 0.782. The summed E-state index contributed by atoms with van der Waals surface area (Å²) in [4.78, 5) is 20.9. The average Bonchev–Trinajstić information content (AvgIpc) is 2.76. The molecule has 2 heterocycles. The maximum absolute atomic E-state index is 15.9. The largest absolute Gasteiger partial charge is 0.338 e. The number of nitrogens with zero attached hydrogens (tertiary/aromatic N) is 3. The molecule has 0 aliphatic carbocycles. The van der Waals surface area contributed by atoms with Crippen molar-refractivity contribution in [1.29, 1.82) is 0 Å². The fourth-order valence-corrected chi connectivity index (χ4v) is 2.58. The zero-order valence-electron chi connectivity index (χ0n) is 22.9. The predicted molar refractivity (Wildman–Crippen MR) is 104 cm³/mol. The monoisotopic (exact) mass is 416 g/mol. The molecule has 0 bridgehead atoms. The number of carbonyl (C=O) groups excluding carboxylic acids is 1. The Kier molecular flexibility index (Phi) is 3.96. The number of hydrogen-bond acceptors (Lipinski definition) is 4. The standard InChI is InChI=1S/C20H23ClF2N4O/c1-2-14-10-25-18(26-11-14)12-24-13-20(23)5-7-27(8-6-20)19(28)15-3-4-17(22)16(21)9-15/h3-4,9-11,24H,2,5-8,12-13H2,1H3/i2D2,5D2,8D2,12D2. The molecule has 1 aliphatic heterocycles. The molecule has 5 nitrogen and oxygen atoms in total. The van der Waals surface area contributed by atoms with E-state index >= 15 is 4.39 Å². The van der Waals surface area contributed by atoms with E-state index in [-0.39, 0.29) is 11.1 Å². The van der Waals surface area contributed by atoms with Gasteiger partial charge in [0.25, 0.3) is 5.91 Å². The van der Waals surface area contributed by atoms with E-state index in [1.165, 1.54) is 6.92 Å². The number of hydrogen-bond donors (Lipinski definition) is 1. The van der Waals surface area contributed by atoms with Crippen molar-refractivity contribution in [3.63, 3.8) is 0 Å². The summed E-state index contributed by atoms with van der Waals surface area (Å²) in [5, 5.41) is 1.81. The molecule has 28 heavy (non-hydrogen) atoms. The number of aromatic nitrogens is 2. The molecule has 0 saturated carbocycles. The molecule has 0 radical (unpaired) electrons. The van der Waals surface area contributed by atoms with E-state index < -0.39 is 73.5 Å². The second-order valence-electron chi connectivity index (χ2n) is 6.02. The van der Waals surface area contributed by atoms with Crippen molar-refractivity contribution in [1.82, 2.24) is 20.2 Å². The van der Waals surface area contributed by atoms with Gasteiger partial charge in [0.1, 0.15) is 17.3 Å². The SMILES string of the molecule is [2H]C([2H])(C)c1cnc(C([2H])([2H])NCC2(F)CC([2H])([2H])N(C(=O)c3ccc(F)c(Cl)c3)CC2([2H])[2H])nc1. The van der Waals surface area contributed by atoms with Gasteiger partial charge in [0.15, 0.2) is 0 Å². The molecule has 1 aliphatic rings. The lowest BCUT2D eigenvalue weighted by atomic mass is 9.92. The van der Waals surface area contributed by atoms with Gasteiger partial charge >= 0.3 is 0 Å². The topological polar surface area (TPSA) is 58.1 Å². The Hall–Kier alpha value is -2.12. The number of halogens is 3. The number of piperidine rings is 1. The van der Waals surface area contributed by atoms with E-state index in [0.717, 1.165) is 30.6 Å². The Labute approximate surface area is 179 Å². The van der Waals surface area contributed by atoms with Gasteiger partial charge in [-0.15, -0.1) is 0 Å². The number of benzene rings is 1. The highest BCUT2D eigenvalue weighted by Crippen LogP contribution is 2.27. The summed E-state index contributed by atoms with van der Waals surface area (Å²) in [6.07, 6.45) is -3.56. The minimum Gasteiger partial charge on any atom is -0.338 e. The molecule has 0 spiro atoms. The van der Waals surface area contributed by atoms with E-state index in [1.807, 2.05) is 0 Å². The molecule has 1 aromatic heterocycles. The van der Waals surface area contributed by atoms with Gasteiger partial charge in [0, 0.05) is 58.6 Å². The summed E-state index contributed by atoms with van der Waals surface area (Å²) < 4.78 is 93.9. The van der Waals surface area contributed by atoms with Crippen molar-refractivity contribution < 1.29 is 24.5 Å². The fraction of sp³-hybridized carbons (Fsp3) is 0.450. The molecule has 1 atom stereocenters. The highest BCUT2D eigenvalue weighted by atomic mass is 35.5. The number of likely N-dealkylation sites (tertiary alicyclic amines) is 1. The first-order valence-corrected chi connectivity index (χ1v) is 8.71. The van der Waals surface area contributed by atoms with Gasteiger partial charge in [-0.25, -0.2) is 18.7 Å². The second kappa shape index (κ2) is 8.92. The van der Waals surface area contributed by atoms with E-state index in [0.29, 0.717) is 4.90 Å². The van der Waals surface area contributed by atoms with Crippen LogP contribution in [0.25, 0.3) is 0 Å². The van der Waals surface area contributed by atoms with Gasteiger partial charge in [-0.05, 0) is 30.1 Å². The van der Waals surface area contributed by atoms with E-state index in [1.54, 1.807) is 0 Å². The summed E-state index contributed by atoms with van der Waals surface area (Å²) >= 11 is 5.69. The van der Waals surface area contributed by atoms with Crippen LogP contribution >= 0.6 is 11.6 Å². The molecule has 1 saturated heterocycles. The van der Waals surface area contributed by atoms with Crippen molar-refractivity contribution >= 4 is 17.5 Å². The Morgan fingerprint density at radius 2 is 2.21 bits per heavy atom. The maximum atomic E-state index is 15.9. The summed E-state index contributed by atoms with van der Waals surface area (Å²) in [5.74, 6) is -2.27. The lowest BCUT2D eigenvalue weighted by Gasteiger charge is -2.36. The Morgan fingerprint density at radius 1 is 1.46 bits per heavy atom. The van der Waals surface area contributed by atoms with Crippen LogP contribution in [0.5, 0.6) is 0 Å². The molecular formula is C20H23ClF2N4O. The van der Waals surface area contributed by atoms with Crippen molar-refractivity contribution in [2.45, 2.75) is 38.3 Å². The second-order valence-corrected chi connectivity index (χ2v) is 6.43. The first kappa shape index (κ1) is 12.4. The van der Waals surface area contributed by atoms with Crippen LogP contribution in [0.1, 0.15) is 52.4 Å². The zero-order valence-corrected chi connectivity index (χ0v) is 15.6. The third-order valence-corrected chi connectivity index (χ3v) is 4.31. The molecule has 1 N–H and O–H groups in total. The average molecular weight is 417 g/mol. The smallest absolute Gasteiger partial charge is 0.253 e. The van der Waals surface area contributed by atoms with Crippen molar-refractivity contribution in [2.75, 3.05) is 19.6 Å². The molecular weight excluding hydrogens is 386 g/mol. The molecule has 1 amide bonds. The number of aryl methyl sites for hydroxylation is 1. The Bertz CT molecular complexity index is 1150. The summed E-state index contributed by atoms with van der Waals surface area (Å²) in [6.45, 7) is -5.98. The lowest BCUT2D eigenvalue weighted by molar-refractivity contribution is 0.0434. The molecule has 150 valence electrons. The lowest BCUT2D eigenvalue weighted by Crippen LogP contribution is -2.48. The van der Waals surface area contributed by atoms with Crippen LogP contribution < -0.4 is 5.32 Å². The van der Waals surface area contributed by atoms with Gasteiger partial charge in [-0.3, -0.25) is 4.79 Å². The zero-order chi connectivity index (χ0) is 27.3. The van der Waals surface area contributed by atoms with Crippen LogP contribution in [0, 0.1) is 5.82 Å². The molecule has 8 heteroatoms. The number of amides is 1. The minimum atomic E-state index is -2.96. The molecule has 3 rings (SSSR count). The molecule has 1 fully saturated rings. The maximum Gasteiger partial charge on any atom is 0.253 e. The van der Waals surface area contributed by atoms with Crippen LogP contribution in [0.2, 0.25) is 5.02 Å². The molecule has 1 unspecified atom stereocenters. The fourth-order valence-electron chi connectivity index (χ4n) is 2.40. The molecule has 1 aromatic carbocycles. The van der Waals surface area contributed by atoms with Crippen molar-refractivity contribution in [3.05, 3.63) is 58.4 Å². The normalized spacial score (nSPS) is 28.5. The number of rotatable bonds is 6. The first-order chi connectivity index (χ1) is 16.3. The van der Waals surface area contributed by atoms with Crippen LogP contribution in [-0.4, -0.2) is 46.0 Å². The third-order valence-electron chi connectivity index (χ3n) is 4.03. The number of nitrogens with one attached hydrogen (secondary N) is 1. The highest BCUT2D eigenvalue weighted by Gasteiger charge is 2.36. The van der Waals surface area contributed by atoms with Crippen LogP contribution in [-0.2, 0) is 12.9 Å². The predicted octanol–water partition coefficient (Wildman–Crippen LogP) is 3.57. The van der Waals surface area contributed by atoms with E-state index in [9.17, 15) is 9.18 Å². The number of alkyl halides is 1. The minimum absolute atomic E-state index is 0.0908. The summed E-state index contributed by atoms with van der Waals surface area (Å²) in [5.41, 5.74) is -3.07. The van der Waals surface area contributed by atoms with Gasteiger partial charge in [-0.2, -0.15) is 0 Å². The Morgan fingerprint density at radius 3 is 2.89 bits per heavy atom. The van der Waals surface area contributed by atoms with Crippen LogP contribution in [0.3, 0.4) is 0 Å². The van der Waals surface area contributed by atoms with Crippen molar-refractivity contribution in [2.24, 2.45) is 0 Å². The van der Waals surface area contributed by atoms with Crippen LogP contribution in [0.4, 0.5) is 8.78 Å². The first-order valence-electron chi connectivity index (χ1n) is 12.3.